The van der Waals surface area contributed by atoms with Gasteiger partial charge in [0.15, 0.2) is 0 Å². The van der Waals surface area contributed by atoms with Crippen molar-refractivity contribution in [1.29, 1.82) is 0 Å². The minimum atomic E-state index is 0.900. The fraction of sp³-hybridized carbons (Fsp3) is 0.250. The van der Waals surface area contributed by atoms with Gasteiger partial charge in [-0.05, 0) is 53.0 Å². The highest BCUT2D eigenvalue weighted by molar-refractivity contribution is 9.10. The van der Waals surface area contributed by atoms with E-state index >= 15 is 0 Å². The molecule has 1 heterocycles. The lowest BCUT2D eigenvalue weighted by atomic mass is 10.0. The maximum absolute atomic E-state index is 5.34. The first-order chi connectivity index (χ1) is 7.63. The Balaban J connectivity index is 2.57. The quantitative estimate of drug-likeness (QED) is 0.915. The average Bonchev–Trinajstić information content (AvgIpc) is 2.64. The molecule has 1 N–H and O–H groups in total. The summed E-state index contributed by atoms with van der Waals surface area (Å²) in [5.41, 5.74) is 4.25. The predicted molar refractivity (Wildman–Crippen MR) is 67.7 cm³/mol. The number of benzene rings is 1. The Morgan fingerprint density at radius 3 is 2.31 bits per heavy atom. The molecule has 4 heteroatoms. The summed E-state index contributed by atoms with van der Waals surface area (Å²) < 4.78 is 6.24. The first-order valence-electron chi connectivity index (χ1n) is 4.98. The van der Waals surface area contributed by atoms with Gasteiger partial charge in [-0.2, -0.15) is 0 Å². The first-order valence-corrected chi connectivity index (χ1v) is 5.77. The normalized spacial score (nSPS) is 10.5. The second-order valence-electron chi connectivity index (χ2n) is 3.71. The van der Waals surface area contributed by atoms with Gasteiger partial charge in [-0.25, -0.2) is 4.98 Å². The number of imidazole rings is 1. The number of methoxy groups -OCH3 is 1. The van der Waals surface area contributed by atoms with Crippen LogP contribution in [0.1, 0.15) is 11.1 Å². The maximum atomic E-state index is 5.34. The Morgan fingerprint density at radius 2 is 1.88 bits per heavy atom. The monoisotopic (exact) mass is 280 g/mol. The van der Waals surface area contributed by atoms with Crippen LogP contribution < -0.4 is 4.74 Å². The lowest BCUT2D eigenvalue weighted by Crippen LogP contribution is -1.92. The van der Waals surface area contributed by atoms with Crippen molar-refractivity contribution < 1.29 is 4.74 Å². The molecule has 0 atom stereocenters. The number of halogens is 1. The van der Waals surface area contributed by atoms with Crippen LogP contribution >= 0.6 is 15.9 Å². The van der Waals surface area contributed by atoms with Crippen LogP contribution in [0.5, 0.6) is 5.75 Å². The summed E-state index contributed by atoms with van der Waals surface area (Å²) in [4.78, 5) is 7.29. The van der Waals surface area contributed by atoms with Crippen LogP contribution in [0.2, 0.25) is 0 Å². The first kappa shape index (κ1) is 11.2. The second-order valence-corrected chi connectivity index (χ2v) is 4.50. The highest BCUT2D eigenvalue weighted by Gasteiger charge is 2.10. The minimum Gasteiger partial charge on any atom is -0.496 e. The van der Waals surface area contributed by atoms with E-state index in [4.69, 9.17) is 4.74 Å². The number of hydrogen-bond donors (Lipinski definition) is 1. The standard InChI is InChI=1S/C12H13BrN2O/c1-7-4-9(5-8(2)11(7)16-3)10-12(13)15-6-14-10/h4-6H,1-3H3,(H,14,15). The third-order valence-electron chi connectivity index (χ3n) is 2.53. The molecule has 2 aromatic rings. The highest BCUT2D eigenvalue weighted by atomic mass is 79.9. The maximum Gasteiger partial charge on any atom is 0.124 e. The molecule has 1 aromatic carbocycles. The zero-order chi connectivity index (χ0) is 11.7. The molecule has 16 heavy (non-hydrogen) atoms. The van der Waals surface area contributed by atoms with Gasteiger partial charge < -0.3 is 9.72 Å². The zero-order valence-corrected chi connectivity index (χ0v) is 11.1. The molecule has 0 unspecified atom stereocenters. The number of H-pyrrole nitrogens is 1. The molecular formula is C12H13BrN2O. The second kappa shape index (κ2) is 4.29. The Kier molecular flexibility index (Phi) is 3.01. The largest absolute Gasteiger partial charge is 0.496 e. The third-order valence-corrected chi connectivity index (χ3v) is 3.14. The SMILES string of the molecule is COc1c(C)cc(-c2nc[nH]c2Br)cc1C. The van der Waals surface area contributed by atoms with Gasteiger partial charge in [-0.15, -0.1) is 0 Å². The van der Waals surface area contributed by atoms with Crippen LogP contribution in [0.3, 0.4) is 0 Å². The van der Waals surface area contributed by atoms with Crippen molar-refractivity contribution in [3.63, 3.8) is 0 Å². The number of aryl methyl sites for hydroxylation is 2. The molecule has 0 aliphatic rings. The summed E-state index contributed by atoms with van der Waals surface area (Å²) in [6.07, 6.45) is 1.67. The van der Waals surface area contributed by atoms with Gasteiger partial charge in [0.1, 0.15) is 16.0 Å². The molecule has 84 valence electrons. The van der Waals surface area contributed by atoms with Gasteiger partial charge in [0.05, 0.1) is 13.4 Å². The lowest BCUT2D eigenvalue weighted by molar-refractivity contribution is 0.408. The molecule has 0 aliphatic heterocycles. The van der Waals surface area contributed by atoms with Gasteiger partial charge in [0, 0.05) is 5.56 Å². The number of rotatable bonds is 2. The molecule has 0 radical (unpaired) electrons. The fourth-order valence-corrected chi connectivity index (χ4v) is 2.32. The van der Waals surface area contributed by atoms with E-state index in [9.17, 15) is 0 Å². The van der Waals surface area contributed by atoms with Crippen molar-refractivity contribution in [2.24, 2.45) is 0 Å². The van der Waals surface area contributed by atoms with E-state index in [2.05, 4.69) is 38.0 Å². The summed E-state index contributed by atoms with van der Waals surface area (Å²) in [5.74, 6) is 0.940. The van der Waals surface area contributed by atoms with Crippen LogP contribution in [0, 0.1) is 13.8 Å². The number of hydrogen-bond acceptors (Lipinski definition) is 2. The number of aromatic nitrogens is 2. The van der Waals surface area contributed by atoms with Crippen LogP contribution in [0.4, 0.5) is 0 Å². The number of aromatic amines is 1. The van der Waals surface area contributed by atoms with Gasteiger partial charge in [-0.1, -0.05) is 0 Å². The fourth-order valence-electron chi connectivity index (χ4n) is 1.89. The summed E-state index contributed by atoms with van der Waals surface area (Å²) in [5, 5.41) is 0. The van der Waals surface area contributed by atoms with E-state index in [1.165, 1.54) is 0 Å². The minimum absolute atomic E-state index is 0.900. The van der Waals surface area contributed by atoms with E-state index < -0.39 is 0 Å². The van der Waals surface area contributed by atoms with Crippen molar-refractivity contribution in [2.45, 2.75) is 13.8 Å². The Hall–Kier alpha value is -1.29. The molecule has 2 rings (SSSR count). The molecule has 0 fully saturated rings. The molecule has 0 amide bonds. The van der Waals surface area contributed by atoms with Gasteiger partial charge in [0.25, 0.3) is 0 Å². The number of nitrogens with one attached hydrogen (secondary N) is 1. The van der Waals surface area contributed by atoms with E-state index in [0.717, 1.165) is 32.7 Å². The molecule has 0 spiro atoms. The molecular weight excluding hydrogens is 268 g/mol. The smallest absolute Gasteiger partial charge is 0.124 e. The van der Waals surface area contributed by atoms with Crippen LogP contribution in [-0.4, -0.2) is 17.1 Å². The molecule has 0 aliphatic carbocycles. The van der Waals surface area contributed by atoms with Crippen molar-refractivity contribution in [1.82, 2.24) is 9.97 Å². The van der Waals surface area contributed by atoms with Crippen molar-refractivity contribution >= 4 is 15.9 Å². The van der Waals surface area contributed by atoms with E-state index in [1.807, 2.05) is 13.8 Å². The average molecular weight is 281 g/mol. The van der Waals surface area contributed by atoms with E-state index in [-0.39, 0.29) is 0 Å². The topological polar surface area (TPSA) is 37.9 Å². The van der Waals surface area contributed by atoms with Crippen LogP contribution in [-0.2, 0) is 0 Å². The number of ether oxygens (including phenoxy) is 1. The molecule has 0 bridgehead atoms. The molecule has 0 saturated carbocycles. The van der Waals surface area contributed by atoms with E-state index in [1.54, 1.807) is 13.4 Å². The van der Waals surface area contributed by atoms with Crippen LogP contribution in [0.15, 0.2) is 23.1 Å². The van der Waals surface area contributed by atoms with Crippen LogP contribution in [0.25, 0.3) is 11.3 Å². The zero-order valence-electron chi connectivity index (χ0n) is 9.47. The van der Waals surface area contributed by atoms with Crippen molar-refractivity contribution in [3.05, 3.63) is 34.2 Å². The molecule has 0 saturated heterocycles. The summed E-state index contributed by atoms with van der Waals surface area (Å²) in [6, 6.07) is 4.15. The van der Waals surface area contributed by atoms with Gasteiger partial charge >= 0.3 is 0 Å². The van der Waals surface area contributed by atoms with E-state index in [0.29, 0.717) is 0 Å². The predicted octanol–water partition coefficient (Wildman–Crippen LogP) is 3.46. The lowest BCUT2D eigenvalue weighted by Gasteiger charge is -2.10. The summed E-state index contributed by atoms with van der Waals surface area (Å²) in [7, 11) is 1.69. The highest BCUT2D eigenvalue weighted by Crippen LogP contribution is 2.31. The summed E-state index contributed by atoms with van der Waals surface area (Å²) >= 11 is 3.44. The molecule has 1 aromatic heterocycles. The summed E-state index contributed by atoms with van der Waals surface area (Å²) in [6.45, 7) is 4.08. The van der Waals surface area contributed by atoms with Gasteiger partial charge in [-0.3, -0.25) is 0 Å². The van der Waals surface area contributed by atoms with Gasteiger partial charge in [0.2, 0.25) is 0 Å². The number of nitrogens with zero attached hydrogens (tertiary/aromatic N) is 1. The Labute approximate surface area is 103 Å². The molecule has 3 nitrogen and oxygen atoms in total. The Bertz CT molecular complexity index is 496. The van der Waals surface area contributed by atoms with Crippen molar-refractivity contribution in [3.8, 4) is 17.0 Å². The van der Waals surface area contributed by atoms with Crippen molar-refractivity contribution in [2.75, 3.05) is 7.11 Å². The Morgan fingerprint density at radius 1 is 1.25 bits per heavy atom. The third kappa shape index (κ3) is 1.85.